The summed E-state index contributed by atoms with van der Waals surface area (Å²) in [6.07, 6.45) is -5.99. The number of halogens is 4. The van der Waals surface area contributed by atoms with Gasteiger partial charge in [-0.25, -0.2) is 27.2 Å². The van der Waals surface area contributed by atoms with Crippen LogP contribution in [0.1, 0.15) is 40.9 Å². The number of carbonyl (C=O) groups excluding carboxylic acids is 1. The summed E-state index contributed by atoms with van der Waals surface area (Å²) >= 11 is 0. The summed E-state index contributed by atoms with van der Waals surface area (Å²) in [6.45, 7) is 4.87. The predicted molar refractivity (Wildman–Crippen MR) is 96.7 cm³/mol. The number of nitrogens with zero attached hydrogens (tertiary/aromatic N) is 3. The molecule has 0 unspecified atom stereocenters. The van der Waals surface area contributed by atoms with Gasteiger partial charge in [-0.05, 0) is 44.0 Å². The van der Waals surface area contributed by atoms with Gasteiger partial charge >= 0.3 is 0 Å². The number of alkyl halides is 4. The molecule has 0 bridgehead atoms. The van der Waals surface area contributed by atoms with Crippen molar-refractivity contribution in [2.75, 3.05) is 5.32 Å². The number of hydrogen-bond donors (Lipinski definition) is 1. The fourth-order valence-corrected chi connectivity index (χ4v) is 3.01. The van der Waals surface area contributed by atoms with Gasteiger partial charge in [0.25, 0.3) is 12.9 Å². The Hall–Kier alpha value is -2.97. The van der Waals surface area contributed by atoms with E-state index in [2.05, 4.69) is 15.4 Å². The number of carbonyl (C=O) groups is 1. The van der Waals surface area contributed by atoms with Crippen molar-refractivity contribution in [1.29, 1.82) is 0 Å². The number of fused-ring (bicyclic) bond motifs is 1. The summed E-state index contributed by atoms with van der Waals surface area (Å²) in [5, 5.41) is 6.78. The fourth-order valence-electron chi connectivity index (χ4n) is 3.01. The molecular formula is C19H18F4N4O. The Bertz CT molecular complexity index is 1050. The van der Waals surface area contributed by atoms with E-state index in [0.717, 1.165) is 15.8 Å². The zero-order valence-electron chi connectivity index (χ0n) is 15.4. The summed E-state index contributed by atoms with van der Waals surface area (Å²) in [6, 6.07) is 6.11. The van der Waals surface area contributed by atoms with Crippen LogP contribution in [0, 0.1) is 20.8 Å². The molecule has 0 atom stereocenters. The van der Waals surface area contributed by atoms with E-state index in [4.69, 9.17) is 0 Å². The van der Waals surface area contributed by atoms with Gasteiger partial charge in [-0.1, -0.05) is 12.1 Å². The van der Waals surface area contributed by atoms with Crippen LogP contribution < -0.4 is 5.32 Å². The highest BCUT2D eigenvalue weighted by atomic mass is 19.3. The molecule has 1 amide bonds. The van der Waals surface area contributed by atoms with Crippen molar-refractivity contribution in [2.45, 2.75) is 40.2 Å². The van der Waals surface area contributed by atoms with Crippen molar-refractivity contribution in [1.82, 2.24) is 14.8 Å². The summed E-state index contributed by atoms with van der Waals surface area (Å²) in [7, 11) is 0. The highest BCUT2D eigenvalue weighted by Gasteiger charge is 2.24. The van der Waals surface area contributed by atoms with Crippen molar-refractivity contribution in [2.24, 2.45) is 0 Å². The van der Waals surface area contributed by atoms with Gasteiger partial charge in [0.2, 0.25) is 5.91 Å². The third kappa shape index (κ3) is 3.69. The Balaban J connectivity index is 1.99. The van der Waals surface area contributed by atoms with Gasteiger partial charge in [0.1, 0.15) is 12.2 Å². The maximum absolute atomic E-state index is 13.4. The third-order valence-corrected chi connectivity index (χ3v) is 4.56. The lowest BCUT2D eigenvalue weighted by molar-refractivity contribution is -0.116. The summed E-state index contributed by atoms with van der Waals surface area (Å²) < 4.78 is 54.0. The first kappa shape index (κ1) is 19.8. The van der Waals surface area contributed by atoms with Crippen LogP contribution in [0.5, 0.6) is 0 Å². The van der Waals surface area contributed by atoms with Crippen LogP contribution in [0.2, 0.25) is 0 Å². The fraction of sp³-hybridized carbons (Fsp3) is 0.316. The van der Waals surface area contributed by atoms with Crippen molar-refractivity contribution in [3.63, 3.8) is 0 Å². The largest absolute Gasteiger partial charge is 0.324 e. The first-order valence-corrected chi connectivity index (χ1v) is 8.49. The van der Waals surface area contributed by atoms with Crippen molar-refractivity contribution >= 4 is 22.6 Å². The molecule has 3 aromatic rings. The second-order valence-corrected chi connectivity index (χ2v) is 6.48. The van der Waals surface area contributed by atoms with Gasteiger partial charge in [0.05, 0.1) is 11.1 Å². The minimum atomic E-state index is -3.02. The van der Waals surface area contributed by atoms with Gasteiger partial charge in [-0.15, -0.1) is 0 Å². The minimum Gasteiger partial charge on any atom is -0.324 e. The van der Waals surface area contributed by atoms with Gasteiger partial charge in [0.15, 0.2) is 5.65 Å². The number of anilines is 1. The highest BCUT2D eigenvalue weighted by molar-refractivity contribution is 5.92. The maximum Gasteiger partial charge on any atom is 0.280 e. The Kier molecular flexibility index (Phi) is 5.35. The van der Waals surface area contributed by atoms with Crippen LogP contribution in [0.4, 0.5) is 23.2 Å². The van der Waals surface area contributed by atoms with Crippen molar-refractivity contribution < 1.29 is 22.4 Å². The SMILES string of the molecule is Cc1cccc(NC(=O)Cn2nc(C)c3c(C(F)F)cc(C(F)F)nc32)c1C. The molecule has 0 saturated carbocycles. The van der Waals surface area contributed by atoms with Crippen LogP contribution in [-0.2, 0) is 11.3 Å². The molecule has 3 rings (SSSR count). The molecule has 5 nitrogen and oxygen atoms in total. The average Bonchev–Trinajstić information content (AvgIpc) is 2.93. The van der Waals surface area contributed by atoms with Gasteiger partial charge in [-0.2, -0.15) is 5.10 Å². The number of pyridine rings is 1. The number of aryl methyl sites for hydroxylation is 2. The number of hydrogen-bond acceptors (Lipinski definition) is 3. The van der Waals surface area contributed by atoms with E-state index in [0.29, 0.717) is 11.8 Å². The zero-order chi connectivity index (χ0) is 20.6. The lowest BCUT2D eigenvalue weighted by Crippen LogP contribution is -2.20. The molecule has 0 fully saturated rings. The van der Waals surface area contributed by atoms with Crippen LogP contribution in [0.25, 0.3) is 11.0 Å². The Morgan fingerprint density at radius 2 is 1.86 bits per heavy atom. The quantitative estimate of drug-likeness (QED) is 0.628. The van der Waals surface area contributed by atoms with Gasteiger partial charge in [0, 0.05) is 11.3 Å². The molecule has 148 valence electrons. The van der Waals surface area contributed by atoms with E-state index in [1.807, 2.05) is 19.9 Å². The molecule has 28 heavy (non-hydrogen) atoms. The summed E-state index contributed by atoms with van der Waals surface area (Å²) in [4.78, 5) is 16.2. The highest BCUT2D eigenvalue weighted by Crippen LogP contribution is 2.32. The monoisotopic (exact) mass is 394 g/mol. The van der Waals surface area contributed by atoms with E-state index in [1.54, 1.807) is 12.1 Å². The standard InChI is InChI=1S/C19H18F4N4O/c1-9-5-4-6-13(10(9)2)24-15(28)8-27-19-16(11(3)26-27)12(17(20)21)7-14(25-19)18(22)23/h4-7,17-18H,8H2,1-3H3,(H,24,28). The van der Waals surface area contributed by atoms with Crippen LogP contribution in [0.15, 0.2) is 24.3 Å². The van der Waals surface area contributed by atoms with Crippen LogP contribution in [0.3, 0.4) is 0 Å². The Morgan fingerprint density at radius 3 is 2.50 bits per heavy atom. The van der Waals surface area contributed by atoms with E-state index < -0.39 is 30.0 Å². The Labute approximate surface area is 158 Å². The Morgan fingerprint density at radius 1 is 1.14 bits per heavy atom. The first-order valence-electron chi connectivity index (χ1n) is 8.49. The molecule has 1 N–H and O–H groups in total. The number of nitrogens with one attached hydrogen (secondary N) is 1. The lowest BCUT2D eigenvalue weighted by Gasteiger charge is -2.11. The number of amides is 1. The molecule has 0 spiro atoms. The molecule has 0 radical (unpaired) electrons. The summed E-state index contributed by atoms with van der Waals surface area (Å²) in [5.41, 5.74) is 1.16. The summed E-state index contributed by atoms with van der Waals surface area (Å²) in [5.74, 6) is -0.471. The van der Waals surface area contributed by atoms with Gasteiger partial charge < -0.3 is 5.32 Å². The number of benzene rings is 1. The molecule has 0 aliphatic heterocycles. The van der Waals surface area contributed by atoms with Crippen LogP contribution >= 0.6 is 0 Å². The predicted octanol–water partition coefficient (Wildman–Crippen LogP) is 4.87. The third-order valence-electron chi connectivity index (χ3n) is 4.56. The second kappa shape index (κ2) is 7.57. The number of aromatic nitrogens is 3. The first-order chi connectivity index (χ1) is 13.2. The lowest BCUT2D eigenvalue weighted by atomic mass is 10.1. The van der Waals surface area contributed by atoms with E-state index >= 15 is 0 Å². The van der Waals surface area contributed by atoms with Crippen LogP contribution in [-0.4, -0.2) is 20.7 Å². The normalized spacial score (nSPS) is 11.6. The second-order valence-electron chi connectivity index (χ2n) is 6.48. The van der Waals surface area contributed by atoms with E-state index in [1.165, 1.54) is 6.92 Å². The van der Waals surface area contributed by atoms with E-state index in [-0.39, 0.29) is 23.3 Å². The van der Waals surface area contributed by atoms with Crippen molar-refractivity contribution in [3.8, 4) is 0 Å². The topological polar surface area (TPSA) is 59.8 Å². The van der Waals surface area contributed by atoms with E-state index in [9.17, 15) is 22.4 Å². The molecule has 2 aromatic heterocycles. The molecule has 2 heterocycles. The maximum atomic E-state index is 13.4. The molecular weight excluding hydrogens is 376 g/mol. The smallest absolute Gasteiger partial charge is 0.280 e. The minimum absolute atomic E-state index is 0.0149. The molecule has 1 aromatic carbocycles. The molecule has 0 aliphatic carbocycles. The number of rotatable bonds is 5. The molecule has 0 aliphatic rings. The zero-order valence-corrected chi connectivity index (χ0v) is 15.4. The molecule has 9 heteroatoms. The van der Waals surface area contributed by atoms with Crippen molar-refractivity contribution in [3.05, 3.63) is 52.3 Å². The van der Waals surface area contributed by atoms with Gasteiger partial charge in [-0.3, -0.25) is 4.79 Å². The average molecular weight is 394 g/mol. The molecule has 0 saturated heterocycles.